The number of nitrogens with one attached hydrogen (secondary N) is 1. The van der Waals surface area contributed by atoms with Gasteiger partial charge in [-0.1, -0.05) is 29.4 Å². The summed E-state index contributed by atoms with van der Waals surface area (Å²) in [4.78, 5) is 28.4. The van der Waals surface area contributed by atoms with Gasteiger partial charge in [0.05, 0.1) is 11.8 Å². The Morgan fingerprint density at radius 2 is 1.91 bits per heavy atom. The van der Waals surface area contributed by atoms with Gasteiger partial charge in [-0.25, -0.2) is 0 Å². The van der Waals surface area contributed by atoms with Crippen LogP contribution in [0.25, 0.3) is 0 Å². The zero-order valence-electron chi connectivity index (χ0n) is 13.2. The summed E-state index contributed by atoms with van der Waals surface area (Å²) in [5.41, 5.74) is 3.10. The van der Waals surface area contributed by atoms with Crippen LogP contribution in [0.2, 0.25) is 0 Å². The number of rotatable bonds is 4. The third-order valence-corrected chi connectivity index (χ3v) is 4.76. The van der Waals surface area contributed by atoms with Crippen molar-refractivity contribution in [1.82, 2.24) is 10.3 Å². The monoisotopic (exact) mass is 312 g/mol. The number of hydrogen-bond donors (Lipinski definition) is 2. The van der Waals surface area contributed by atoms with Crippen molar-refractivity contribution in [2.75, 3.05) is 0 Å². The Balaban J connectivity index is 1.80. The van der Waals surface area contributed by atoms with Crippen LogP contribution in [-0.4, -0.2) is 22.0 Å². The highest BCUT2D eigenvalue weighted by Crippen LogP contribution is 2.53. The highest BCUT2D eigenvalue weighted by molar-refractivity contribution is 5.88. The molecule has 1 heterocycles. The Bertz CT molecular complexity index is 689. The lowest BCUT2D eigenvalue weighted by Gasteiger charge is -2.23. The summed E-state index contributed by atoms with van der Waals surface area (Å²) in [6, 6.07) is 3.69. The van der Waals surface area contributed by atoms with E-state index >= 15 is 0 Å². The lowest BCUT2D eigenvalue weighted by molar-refractivity contribution is -0.147. The van der Waals surface area contributed by atoms with Crippen LogP contribution in [0.1, 0.15) is 19.4 Å². The third-order valence-electron chi connectivity index (χ3n) is 4.76. The van der Waals surface area contributed by atoms with E-state index in [0.717, 1.165) is 16.7 Å². The summed E-state index contributed by atoms with van der Waals surface area (Å²) in [6.45, 7) is 4.33. The number of aliphatic carboxylic acids is 1. The predicted molar refractivity (Wildman–Crippen MR) is 85.2 cm³/mol. The zero-order valence-corrected chi connectivity index (χ0v) is 13.2. The summed E-state index contributed by atoms with van der Waals surface area (Å²) < 4.78 is 0. The number of carbonyl (C=O) groups is 2. The summed E-state index contributed by atoms with van der Waals surface area (Å²) in [5.74, 6) is -2.57. The first-order valence-electron chi connectivity index (χ1n) is 7.75. The molecule has 5 heteroatoms. The number of nitrogens with zero attached hydrogens (tertiary/aromatic N) is 1. The normalized spacial score (nSPS) is 28.0. The molecule has 1 saturated carbocycles. The van der Waals surface area contributed by atoms with Crippen LogP contribution in [-0.2, 0) is 16.1 Å². The molecule has 0 saturated heterocycles. The van der Waals surface area contributed by atoms with Crippen molar-refractivity contribution < 1.29 is 14.7 Å². The molecule has 23 heavy (non-hydrogen) atoms. The van der Waals surface area contributed by atoms with Gasteiger partial charge in [0.2, 0.25) is 5.91 Å². The maximum Gasteiger partial charge on any atom is 0.308 e. The minimum Gasteiger partial charge on any atom is -0.481 e. The number of amides is 1. The molecule has 1 amide bonds. The second kappa shape index (κ2) is 5.99. The van der Waals surface area contributed by atoms with Crippen LogP contribution < -0.4 is 5.32 Å². The van der Waals surface area contributed by atoms with Gasteiger partial charge in [0.25, 0.3) is 0 Å². The minimum atomic E-state index is -0.901. The van der Waals surface area contributed by atoms with Crippen LogP contribution in [0.5, 0.6) is 0 Å². The molecule has 0 aliphatic heterocycles. The number of carbonyl (C=O) groups excluding carboxylic acids is 1. The van der Waals surface area contributed by atoms with Crippen molar-refractivity contribution in [2.45, 2.75) is 20.4 Å². The fraction of sp³-hybridized carbons (Fsp3) is 0.389. The fourth-order valence-corrected chi connectivity index (χ4v) is 3.85. The van der Waals surface area contributed by atoms with Gasteiger partial charge in [-0.2, -0.15) is 0 Å². The van der Waals surface area contributed by atoms with E-state index in [2.05, 4.69) is 10.3 Å². The van der Waals surface area contributed by atoms with E-state index in [4.69, 9.17) is 0 Å². The Labute approximate surface area is 135 Å². The summed E-state index contributed by atoms with van der Waals surface area (Å²) in [7, 11) is 0. The first-order chi connectivity index (χ1) is 11.0. The average Bonchev–Trinajstić information content (AvgIpc) is 3.09. The molecule has 2 N–H and O–H groups in total. The van der Waals surface area contributed by atoms with Crippen LogP contribution in [0, 0.1) is 23.7 Å². The molecule has 1 fully saturated rings. The highest BCUT2D eigenvalue weighted by Gasteiger charge is 2.54. The van der Waals surface area contributed by atoms with Crippen molar-refractivity contribution in [3.05, 3.63) is 53.4 Å². The molecule has 0 unspecified atom stereocenters. The number of hydrogen-bond acceptors (Lipinski definition) is 3. The molecule has 0 radical (unpaired) electrons. The molecule has 5 nitrogen and oxygen atoms in total. The molecular formula is C18H20N2O3. The van der Waals surface area contributed by atoms with Crippen LogP contribution in [0.3, 0.4) is 0 Å². The smallest absolute Gasteiger partial charge is 0.308 e. The lowest BCUT2D eigenvalue weighted by atomic mass is 9.82. The van der Waals surface area contributed by atoms with E-state index in [-0.39, 0.29) is 17.7 Å². The molecule has 1 aromatic heterocycles. The third kappa shape index (κ3) is 2.67. The summed E-state index contributed by atoms with van der Waals surface area (Å²) in [5, 5.41) is 12.5. The Kier molecular flexibility index (Phi) is 4.03. The molecule has 120 valence electrons. The molecule has 0 aromatic carbocycles. The van der Waals surface area contributed by atoms with E-state index in [0.29, 0.717) is 6.54 Å². The highest BCUT2D eigenvalue weighted by atomic mass is 16.4. The van der Waals surface area contributed by atoms with E-state index in [9.17, 15) is 14.7 Å². The van der Waals surface area contributed by atoms with E-state index in [1.165, 1.54) is 0 Å². The van der Waals surface area contributed by atoms with E-state index in [1.807, 2.05) is 38.1 Å². The number of carboxylic acids is 1. The minimum absolute atomic E-state index is 0.0972. The van der Waals surface area contributed by atoms with Crippen LogP contribution in [0.4, 0.5) is 0 Å². The van der Waals surface area contributed by atoms with Gasteiger partial charge in [0.1, 0.15) is 0 Å². The zero-order chi connectivity index (χ0) is 16.6. The van der Waals surface area contributed by atoms with Gasteiger partial charge >= 0.3 is 5.97 Å². The standard InChI is InChI=1S/C18H20N2O3/c1-10(2)14-12-5-6-13(14)16(18(22)23)15(12)17(21)20-9-11-4-3-7-19-8-11/h3-8,12-13,15-16H,9H2,1-2H3,(H,20,21)(H,22,23)/t12-,13-,15+,16+/m1/s1. The Hall–Kier alpha value is -2.43. The Morgan fingerprint density at radius 3 is 2.48 bits per heavy atom. The van der Waals surface area contributed by atoms with Crippen LogP contribution >= 0.6 is 0 Å². The molecule has 2 aliphatic rings. The van der Waals surface area contributed by atoms with Crippen molar-refractivity contribution >= 4 is 11.9 Å². The quantitative estimate of drug-likeness (QED) is 0.835. The SMILES string of the molecule is CC(C)=C1[C@H]2C=C[C@H]1[C@H](C(=O)NCc1cccnc1)[C@H]2C(=O)O. The summed E-state index contributed by atoms with van der Waals surface area (Å²) in [6.07, 6.45) is 7.29. The molecule has 4 atom stereocenters. The second-order valence-corrected chi connectivity index (χ2v) is 6.36. The number of aromatic nitrogens is 1. The number of allylic oxidation sites excluding steroid dienone is 4. The van der Waals surface area contributed by atoms with Crippen LogP contribution in [0.15, 0.2) is 47.8 Å². The van der Waals surface area contributed by atoms with E-state index < -0.39 is 17.8 Å². The predicted octanol–water partition coefficient (Wildman–Crippen LogP) is 2.17. The second-order valence-electron chi connectivity index (χ2n) is 6.36. The van der Waals surface area contributed by atoms with Gasteiger partial charge in [0, 0.05) is 30.8 Å². The van der Waals surface area contributed by atoms with Crippen molar-refractivity contribution in [3.63, 3.8) is 0 Å². The number of carboxylic acid groups (broad SMARTS) is 1. The molecule has 2 bridgehead atoms. The van der Waals surface area contributed by atoms with Crippen molar-refractivity contribution in [1.29, 1.82) is 0 Å². The fourth-order valence-electron chi connectivity index (χ4n) is 3.85. The van der Waals surface area contributed by atoms with Gasteiger partial charge < -0.3 is 10.4 Å². The number of fused-ring (bicyclic) bond motifs is 2. The largest absolute Gasteiger partial charge is 0.481 e. The van der Waals surface area contributed by atoms with Gasteiger partial charge in [0.15, 0.2) is 0 Å². The molecule has 3 rings (SSSR count). The van der Waals surface area contributed by atoms with Gasteiger partial charge in [-0.3, -0.25) is 14.6 Å². The molecule has 2 aliphatic carbocycles. The van der Waals surface area contributed by atoms with Gasteiger partial charge in [-0.15, -0.1) is 0 Å². The topological polar surface area (TPSA) is 79.3 Å². The maximum absolute atomic E-state index is 12.6. The van der Waals surface area contributed by atoms with Crippen molar-refractivity contribution in [2.24, 2.45) is 23.7 Å². The molecular weight excluding hydrogens is 292 g/mol. The Morgan fingerprint density at radius 1 is 1.22 bits per heavy atom. The van der Waals surface area contributed by atoms with Crippen molar-refractivity contribution in [3.8, 4) is 0 Å². The molecule has 0 spiro atoms. The summed E-state index contributed by atoms with van der Waals surface area (Å²) >= 11 is 0. The maximum atomic E-state index is 12.6. The average molecular weight is 312 g/mol. The molecule has 1 aromatic rings. The lowest BCUT2D eigenvalue weighted by Crippen LogP contribution is -2.39. The van der Waals surface area contributed by atoms with Gasteiger partial charge in [-0.05, 0) is 25.5 Å². The first kappa shape index (κ1) is 15.5. The number of pyridine rings is 1. The first-order valence-corrected chi connectivity index (χ1v) is 7.75. The van der Waals surface area contributed by atoms with E-state index in [1.54, 1.807) is 12.4 Å².